The third kappa shape index (κ3) is 4.92. The Labute approximate surface area is 151 Å². The highest BCUT2D eigenvalue weighted by Crippen LogP contribution is 2.27. The maximum absolute atomic E-state index is 12.3. The number of hydrogen-bond acceptors (Lipinski definition) is 7. The highest BCUT2D eigenvalue weighted by molar-refractivity contribution is 5.90. The summed E-state index contributed by atoms with van der Waals surface area (Å²) >= 11 is 0. The number of ether oxygens (including phenoxy) is 4. The molecule has 0 unspecified atom stereocenters. The molecule has 1 aliphatic carbocycles. The number of hydrogen-bond donors (Lipinski definition) is 0. The van der Waals surface area contributed by atoms with Gasteiger partial charge in [-0.05, 0) is 19.1 Å². The van der Waals surface area contributed by atoms with Crippen LogP contribution in [0.1, 0.15) is 30.1 Å². The predicted molar refractivity (Wildman–Crippen MR) is 91.3 cm³/mol. The van der Waals surface area contributed by atoms with E-state index in [1.54, 1.807) is 36.4 Å². The van der Waals surface area contributed by atoms with Gasteiger partial charge in [-0.25, -0.2) is 14.4 Å². The summed E-state index contributed by atoms with van der Waals surface area (Å²) < 4.78 is 20.7. The number of rotatable bonds is 6. The van der Waals surface area contributed by atoms with E-state index in [1.165, 1.54) is 21.1 Å². The summed E-state index contributed by atoms with van der Waals surface area (Å²) in [6, 6.07) is 8.56. The summed E-state index contributed by atoms with van der Waals surface area (Å²) in [6.45, 7) is 1.54. The van der Waals surface area contributed by atoms with Gasteiger partial charge >= 0.3 is 17.9 Å². The number of esters is 3. The fourth-order valence-corrected chi connectivity index (χ4v) is 2.66. The fraction of sp³-hybridized carbons (Fsp3) is 0.421. The molecule has 1 aromatic rings. The molecular formula is C19H22O7. The van der Waals surface area contributed by atoms with E-state index in [0.717, 1.165) is 0 Å². The minimum absolute atomic E-state index is 0.167. The molecule has 0 bridgehead atoms. The van der Waals surface area contributed by atoms with Gasteiger partial charge in [0.05, 0.1) is 19.8 Å². The van der Waals surface area contributed by atoms with Gasteiger partial charge in [-0.1, -0.05) is 24.3 Å². The zero-order valence-electron chi connectivity index (χ0n) is 15.0. The van der Waals surface area contributed by atoms with Gasteiger partial charge in [0.15, 0.2) is 6.10 Å². The Morgan fingerprint density at radius 1 is 1.00 bits per heavy atom. The van der Waals surface area contributed by atoms with Gasteiger partial charge in [0.2, 0.25) is 0 Å². The van der Waals surface area contributed by atoms with Crippen molar-refractivity contribution in [2.24, 2.45) is 0 Å². The lowest BCUT2D eigenvalue weighted by atomic mass is 9.93. The van der Waals surface area contributed by atoms with Crippen LogP contribution < -0.4 is 0 Å². The summed E-state index contributed by atoms with van der Waals surface area (Å²) in [5, 5.41) is 0. The number of benzene rings is 1. The van der Waals surface area contributed by atoms with Crippen molar-refractivity contribution in [3.63, 3.8) is 0 Å². The Hall–Kier alpha value is -2.67. The third-order valence-electron chi connectivity index (χ3n) is 4.06. The first kappa shape index (κ1) is 19.7. The zero-order valence-corrected chi connectivity index (χ0v) is 15.0. The van der Waals surface area contributed by atoms with E-state index in [4.69, 9.17) is 14.2 Å². The molecule has 0 saturated heterocycles. The molecule has 0 radical (unpaired) electrons. The van der Waals surface area contributed by atoms with Crippen LogP contribution in [0.25, 0.3) is 0 Å². The SMILES string of the molecule is COC(=O)C1=CC[C@@H](OC(=O)c2ccccc2)[C@H](O[C@@H](C)C(=O)OC)C1. The number of methoxy groups -OCH3 is 2. The molecule has 1 aromatic carbocycles. The molecule has 7 nitrogen and oxygen atoms in total. The second-order valence-electron chi connectivity index (χ2n) is 5.81. The molecule has 7 heteroatoms. The first-order chi connectivity index (χ1) is 12.5. The van der Waals surface area contributed by atoms with E-state index in [1.807, 2.05) is 0 Å². The molecule has 0 aliphatic heterocycles. The first-order valence-electron chi connectivity index (χ1n) is 8.23. The maximum Gasteiger partial charge on any atom is 0.338 e. The minimum Gasteiger partial charge on any atom is -0.467 e. The summed E-state index contributed by atoms with van der Waals surface area (Å²) in [7, 11) is 2.55. The summed E-state index contributed by atoms with van der Waals surface area (Å²) in [4.78, 5) is 35.8. The Bertz CT molecular complexity index is 680. The summed E-state index contributed by atoms with van der Waals surface area (Å²) in [5.41, 5.74) is 0.830. The van der Waals surface area contributed by atoms with Gasteiger partial charge in [-0.3, -0.25) is 0 Å². The molecule has 0 saturated carbocycles. The van der Waals surface area contributed by atoms with Crippen LogP contribution in [-0.4, -0.2) is 50.4 Å². The van der Waals surface area contributed by atoms with E-state index >= 15 is 0 Å². The van der Waals surface area contributed by atoms with Crippen molar-refractivity contribution in [1.82, 2.24) is 0 Å². The number of carbonyl (C=O) groups excluding carboxylic acids is 3. The highest BCUT2D eigenvalue weighted by Gasteiger charge is 2.35. The Balaban J connectivity index is 2.14. The molecule has 3 atom stereocenters. The lowest BCUT2D eigenvalue weighted by Crippen LogP contribution is -2.41. The van der Waals surface area contributed by atoms with Crippen molar-refractivity contribution in [3.8, 4) is 0 Å². The normalized spacial score (nSPS) is 20.5. The second-order valence-corrected chi connectivity index (χ2v) is 5.81. The molecule has 0 N–H and O–H groups in total. The topological polar surface area (TPSA) is 88.1 Å². The van der Waals surface area contributed by atoms with Crippen molar-refractivity contribution >= 4 is 17.9 Å². The standard InChI is InChI=1S/C19H22O7/c1-12(17(20)23-2)25-16-11-14(18(21)24-3)9-10-15(16)26-19(22)13-7-5-4-6-8-13/h4-9,12,15-16H,10-11H2,1-3H3/t12-,15+,16+/m0/s1. The largest absolute Gasteiger partial charge is 0.467 e. The van der Waals surface area contributed by atoms with Gasteiger partial charge in [-0.2, -0.15) is 0 Å². The quantitative estimate of drug-likeness (QED) is 0.565. The maximum atomic E-state index is 12.3. The van der Waals surface area contributed by atoms with Crippen LogP contribution in [0.15, 0.2) is 42.0 Å². The first-order valence-corrected chi connectivity index (χ1v) is 8.23. The second kappa shape index (κ2) is 9.15. The van der Waals surface area contributed by atoms with Gasteiger partial charge in [0, 0.05) is 18.4 Å². The van der Waals surface area contributed by atoms with Crippen LogP contribution in [0, 0.1) is 0 Å². The van der Waals surface area contributed by atoms with Crippen LogP contribution in [0.4, 0.5) is 0 Å². The zero-order chi connectivity index (χ0) is 19.1. The Morgan fingerprint density at radius 2 is 1.69 bits per heavy atom. The molecule has 0 heterocycles. The molecule has 1 aliphatic rings. The molecule has 0 amide bonds. The smallest absolute Gasteiger partial charge is 0.338 e. The van der Waals surface area contributed by atoms with E-state index in [9.17, 15) is 14.4 Å². The Morgan fingerprint density at radius 3 is 2.31 bits per heavy atom. The van der Waals surface area contributed by atoms with E-state index in [2.05, 4.69) is 4.74 Å². The molecule has 0 fully saturated rings. The molecule has 140 valence electrons. The van der Waals surface area contributed by atoms with E-state index < -0.39 is 36.2 Å². The third-order valence-corrected chi connectivity index (χ3v) is 4.06. The van der Waals surface area contributed by atoms with Crippen LogP contribution in [0.5, 0.6) is 0 Å². The van der Waals surface area contributed by atoms with Crippen molar-refractivity contribution in [2.45, 2.75) is 38.1 Å². The monoisotopic (exact) mass is 362 g/mol. The van der Waals surface area contributed by atoms with E-state index in [-0.39, 0.29) is 12.8 Å². The molecule has 0 spiro atoms. The highest BCUT2D eigenvalue weighted by atomic mass is 16.6. The summed E-state index contributed by atoms with van der Waals surface area (Å²) in [5.74, 6) is -1.52. The molecule has 2 rings (SSSR count). The molecular weight excluding hydrogens is 340 g/mol. The van der Waals surface area contributed by atoms with Crippen LogP contribution in [0.3, 0.4) is 0 Å². The average molecular weight is 362 g/mol. The van der Waals surface area contributed by atoms with Gasteiger partial charge in [0.1, 0.15) is 12.2 Å². The van der Waals surface area contributed by atoms with Crippen molar-refractivity contribution in [1.29, 1.82) is 0 Å². The van der Waals surface area contributed by atoms with Gasteiger partial charge < -0.3 is 18.9 Å². The predicted octanol–water partition coefficient (Wildman–Crippen LogP) is 2.05. The summed E-state index contributed by atoms with van der Waals surface area (Å²) in [6.07, 6.45) is -0.0567. The van der Waals surface area contributed by atoms with Gasteiger partial charge in [0.25, 0.3) is 0 Å². The van der Waals surface area contributed by atoms with Crippen molar-refractivity contribution in [3.05, 3.63) is 47.5 Å². The lowest BCUT2D eigenvalue weighted by Gasteiger charge is -2.31. The van der Waals surface area contributed by atoms with E-state index in [0.29, 0.717) is 11.1 Å². The minimum atomic E-state index is -0.861. The van der Waals surface area contributed by atoms with Gasteiger partial charge in [-0.15, -0.1) is 0 Å². The lowest BCUT2D eigenvalue weighted by molar-refractivity contribution is -0.161. The average Bonchev–Trinajstić information content (AvgIpc) is 2.68. The van der Waals surface area contributed by atoms with Crippen molar-refractivity contribution in [2.75, 3.05) is 14.2 Å². The van der Waals surface area contributed by atoms with Crippen LogP contribution in [-0.2, 0) is 28.5 Å². The molecule has 0 aromatic heterocycles. The molecule has 26 heavy (non-hydrogen) atoms. The van der Waals surface area contributed by atoms with Crippen LogP contribution >= 0.6 is 0 Å². The Kier molecular flexibility index (Phi) is 6.91. The van der Waals surface area contributed by atoms with Crippen LogP contribution in [0.2, 0.25) is 0 Å². The number of carbonyl (C=O) groups is 3. The fourth-order valence-electron chi connectivity index (χ4n) is 2.66. The van der Waals surface area contributed by atoms with Crippen molar-refractivity contribution < 1.29 is 33.3 Å².